The first-order valence-electron chi connectivity index (χ1n) is 8.69. The van der Waals surface area contributed by atoms with Crippen molar-refractivity contribution in [3.63, 3.8) is 0 Å². The minimum absolute atomic E-state index is 0.0123. The first-order chi connectivity index (χ1) is 12.4. The van der Waals surface area contributed by atoms with Crippen LogP contribution in [0.4, 0.5) is 0 Å². The van der Waals surface area contributed by atoms with Crippen LogP contribution in [0, 0.1) is 6.92 Å². The molecule has 138 valence electrons. The molecule has 26 heavy (non-hydrogen) atoms. The Bertz CT molecular complexity index is 766. The van der Waals surface area contributed by atoms with Gasteiger partial charge in [-0.05, 0) is 35.7 Å². The molecule has 0 radical (unpaired) electrons. The van der Waals surface area contributed by atoms with E-state index >= 15 is 0 Å². The summed E-state index contributed by atoms with van der Waals surface area (Å²) in [4.78, 5) is 20.0. The molecule has 5 nitrogen and oxygen atoms in total. The highest BCUT2D eigenvalue weighted by Crippen LogP contribution is 2.10. The topological polar surface area (TPSA) is 47.9 Å². The molecule has 2 rings (SSSR count). The minimum Gasteiger partial charge on any atom is -0.352 e. The van der Waals surface area contributed by atoms with Gasteiger partial charge in [0.15, 0.2) is 5.96 Å². The summed E-state index contributed by atoms with van der Waals surface area (Å²) in [5.74, 6) is 0.847. The largest absolute Gasteiger partial charge is 0.352 e. The lowest BCUT2D eigenvalue weighted by Gasteiger charge is -2.23. The Morgan fingerprint density at radius 3 is 2.27 bits per heavy atom. The summed E-state index contributed by atoms with van der Waals surface area (Å²) >= 11 is 0. The summed E-state index contributed by atoms with van der Waals surface area (Å²) in [5.41, 5.74) is 4.35. The molecule has 2 aromatic carbocycles. The van der Waals surface area contributed by atoms with Gasteiger partial charge in [-0.3, -0.25) is 9.79 Å². The van der Waals surface area contributed by atoms with Crippen molar-refractivity contribution in [2.75, 3.05) is 28.2 Å². The van der Waals surface area contributed by atoms with E-state index in [0.29, 0.717) is 12.1 Å². The molecule has 0 atom stereocenters. The van der Waals surface area contributed by atoms with Crippen LogP contribution in [-0.4, -0.2) is 49.9 Å². The third-order valence-electron chi connectivity index (χ3n) is 4.30. The average Bonchev–Trinajstić information content (AvgIpc) is 2.64. The fraction of sp³-hybridized carbons (Fsp3) is 0.333. The number of hydrogen-bond donors (Lipinski definition) is 1. The summed E-state index contributed by atoms with van der Waals surface area (Å²) < 4.78 is 0. The normalized spacial score (nSPS) is 11.2. The molecule has 0 aliphatic carbocycles. The van der Waals surface area contributed by atoms with E-state index in [2.05, 4.69) is 46.4 Å². The molecule has 0 spiro atoms. The van der Waals surface area contributed by atoms with Gasteiger partial charge in [0.05, 0.1) is 0 Å². The Hall–Kier alpha value is -2.82. The van der Waals surface area contributed by atoms with Crippen molar-refractivity contribution < 1.29 is 4.79 Å². The van der Waals surface area contributed by atoms with Gasteiger partial charge in [-0.25, -0.2) is 0 Å². The molecule has 0 bridgehead atoms. The zero-order valence-electron chi connectivity index (χ0n) is 16.3. The highest BCUT2D eigenvalue weighted by Gasteiger charge is 2.09. The molecule has 0 heterocycles. The van der Waals surface area contributed by atoms with Gasteiger partial charge in [0.2, 0.25) is 0 Å². The van der Waals surface area contributed by atoms with Crippen LogP contribution in [0.1, 0.15) is 27.0 Å². The molecular weight excluding hydrogens is 324 g/mol. The number of hydrogen-bond acceptors (Lipinski definition) is 2. The molecule has 0 aliphatic rings. The zero-order valence-corrected chi connectivity index (χ0v) is 16.3. The van der Waals surface area contributed by atoms with Crippen LogP contribution in [0.25, 0.3) is 0 Å². The molecule has 1 N–H and O–H groups in total. The van der Waals surface area contributed by atoms with Gasteiger partial charge in [-0.1, -0.05) is 36.4 Å². The lowest BCUT2D eigenvalue weighted by atomic mass is 10.1. The van der Waals surface area contributed by atoms with Crippen molar-refractivity contribution in [1.29, 1.82) is 0 Å². The molecule has 0 saturated carbocycles. The van der Waals surface area contributed by atoms with Gasteiger partial charge in [0.25, 0.3) is 5.91 Å². The second kappa shape index (κ2) is 9.04. The van der Waals surface area contributed by atoms with Crippen molar-refractivity contribution in [2.24, 2.45) is 4.99 Å². The summed E-state index contributed by atoms with van der Waals surface area (Å²) in [5, 5.41) is 3.38. The van der Waals surface area contributed by atoms with E-state index in [4.69, 9.17) is 0 Å². The van der Waals surface area contributed by atoms with E-state index in [9.17, 15) is 4.79 Å². The summed E-state index contributed by atoms with van der Waals surface area (Å²) in [6.45, 7) is 3.57. The number of nitrogens with zero attached hydrogens (tertiary/aromatic N) is 3. The standard InChI is InChI=1S/C21H28N4O/c1-16-8-6-7-9-19(16)15-25(5)21(22-2)23-14-17-10-12-18(13-11-17)20(26)24(3)4/h6-13H,14-15H2,1-5H3,(H,22,23). The number of carbonyl (C=O) groups is 1. The van der Waals surface area contributed by atoms with E-state index in [-0.39, 0.29) is 5.91 Å². The van der Waals surface area contributed by atoms with Crippen molar-refractivity contribution >= 4 is 11.9 Å². The molecule has 0 aliphatic heterocycles. The first kappa shape index (κ1) is 19.5. The molecule has 1 amide bonds. The second-order valence-corrected chi connectivity index (χ2v) is 6.58. The molecule has 0 fully saturated rings. The molecule has 0 aromatic heterocycles. The van der Waals surface area contributed by atoms with Crippen LogP contribution in [0.5, 0.6) is 0 Å². The van der Waals surface area contributed by atoms with E-state index in [1.54, 1.807) is 26.0 Å². The Balaban J connectivity index is 1.96. The minimum atomic E-state index is 0.0123. The number of carbonyl (C=O) groups excluding carboxylic acids is 1. The van der Waals surface area contributed by atoms with Gasteiger partial charge in [0.1, 0.15) is 0 Å². The molecule has 2 aromatic rings. The van der Waals surface area contributed by atoms with Gasteiger partial charge in [0, 0.05) is 46.8 Å². The second-order valence-electron chi connectivity index (χ2n) is 6.58. The SMILES string of the molecule is CN=C(NCc1ccc(C(=O)N(C)C)cc1)N(C)Cc1ccccc1C. The highest BCUT2D eigenvalue weighted by atomic mass is 16.2. The maximum absolute atomic E-state index is 11.9. The Kier molecular flexibility index (Phi) is 6.78. The Morgan fingerprint density at radius 2 is 1.69 bits per heavy atom. The first-order valence-corrected chi connectivity index (χ1v) is 8.69. The smallest absolute Gasteiger partial charge is 0.253 e. The summed E-state index contributed by atoms with van der Waals surface area (Å²) in [7, 11) is 7.33. The monoisotopic (exact) mass is 352 g/mol. The third-order valence-corrected chi connectivity index (χ3v) is 4.30. The van der Waals surface area contributed by atoms with E-state index < -0.39 is 0 Å². The number of nitrogens with one attached hydrogen (secondary N) is 1. The number of rotatable bonds is 5. The van der Waals surface area contributed by atoms with Crippen LogP contribution < -0.4 is 5.32 Å². The molecular formula is C21H28N4O. The molecule has 0 unspecified atom stereocenters. The number of aryl methyl sites for hydroxylation is 1. The number of aliphatic imine (C=N–C) groups is 1. The van der Waals surface area contributed by atoms with E-state index in [1.165, 1.54) is 11.1 Å². The van der Waals surface area contributed by atoms with Crippen LogP contribution in [0.2, 0.25) is 0 Å². The van der Waals surface area contributed by atoms with Crippen LogP contribution in [0.3, 0.4) is 0 Å². The third kappa shape index (κ3) is 5.09. The lowest BCUT2D eigenvalue weighted by molar-refractivity contribution is 0.0827. The van der Waals surface area contributed by atoms with Gasteiger partial charge in [-0.2, -0.15) is 0 Å². The quantitative estimate of drug-likeness (QED) is 0.665. The average molecular weight is 352 g/mol. The maximum atomic E-state index is 11.9. The van der Waals surface area contributed by atoms with Crippen molar-refractivity contribution in [1.82, 2.24) is 15.1 Å². The molecule has 5 heteroatoms. The zero-order chi connectivity index (χ0) is 19.1. The van der Waals surface area contributed by atoms with Gasteiger partial charge >= 0.3 is 0 Å². The van der Waals surface area contributed by atoms with E-state index in [0.717, 1.165) is 18.1 Å². The highest BCUT2D eigenvalue weighted by molar-refractivity contribution is 5.93. The number of guanidine groups is 1. The van der Waals surface area contributed by atoms with Crippen molar-refractivity contribution in [3.05, 3.63) is 70.8 Å². The van der Waals surface area contributed by atoms with Crippen molar-refractivity contribution in [2.45, 2.75) is 20.0 Å². The number of benzene rings is 2. The Morgan fingerprint density at radius 1 is 1.04 bits per heavy atom. The number of amides is 1. The van der Waals surface area contributed by atoms with Crippen LogP contribution in [0.15, 0.2) is 53.5 Å². The van der Waals surface area contributed by atoms with E-state index in [1.807, 2.05) is 31.3 Å². The maximum Gasteiger partial charge on any atom is 0.253 e. The van der Waals surface area contributed by atoms with Crippen LogP contribution >= 0.6 is 0 Å². The fourth-order valence-electron chi connectivity index (χ4n) is 2.71. The predicted octanol–water partition coefficient (Wildman–Crippen LogP) is 2.90. The lowest BCUT2D eigenvalue weighted by Crippen LogP contribution is -2.38. The van der Waals surface area contributed by atoms with Gasteiger partial charge in [-0.15, -0.1) is 0 Å². The predicted molar refractivity (Wildman–Crippen MR) is 107 cm³/mol. The molecule has 0 saturated heterocycles. The Labute approximate surface area is 156 Å². The summed E-state index contributed by atoms with van der Waals surface area (Å²) in [6, 6.07) is 16.0. The fourth-order valence-corrected chi connectivity index (χ4v) is 2.71. The van der Waals surface area contributed by atoms with Gasteiger partial charge < -0.3 is 15.1 Å². The van der Waals surface area contributed by atoms with Crippen LogP contribution in [-0.2, 0) is 13.1 Å². The summed E-state index contributed by atoms with van der Waals surface area (Å²) in [6.07, 6.45) is 0. The van der Waals surface area contributed by atoms with Crippen molar-refractivity contribution in [3.8, 4) is 0 Å².